The Morgan fingerprint density at radius 2 is 1.71 bits per heavy atom. The highest BCUT2D eigenvalue weighted by atomic mass is 32.1. The number of fused-ring (bicyclic) bond motifs is 1. The van der Waals surface area contributed by atoms with Crippen LogP contribution in [-0.2, 0) is 13.0 Å². The third-order valence-corrected chi connectivity index (χ3v) is 5.03. The predicted molar refractivity (Wildman–Crippen MR) is 107 cm³/mol. The van der Waals surface area contributed by atoms with Gasteiger partial charge in [-0.2, -0.15) is 0 Å². The molecule has 1 aliphatic rings. The van der Waals surface area contributed by atoms with Crippen molar-refractivity contribution in [1.82, 2.24) is 4.90 Å². The highest BCUT2D eigenvalue weighted by Crippen LogP contribution is 2.21. The van der Waals surface area contributed by atoms with Crippen LogP contribution in [0.15, 0.2) is 48.5 Å². The second kappa shape index (κ2) is 7.67. The Bertz CT molecular complexity index is 692. The Balaban J connectivity index is 1.63. The number of hydrogen-bond acceptors (Lipinski definition) is 2. The summed E-state index contributed by atoms with van der Waals surface area (Å²) >= 11 is 5.62. The van der Waals surface area contributed by atoms with E-state index in [1.54, 1.807) is 0 Å². The predicted octanol–water partition coefficient (Wildman–Crippen LogP) is 4.29. The molecule has 3 nitrogen and oxygen atoms in total. The van der Waals surface area contributed by atoms with E-state index in [-0.39, 0.29) is 0 Å². The topological polar surface area (TPSA) is 18.5 Å². The molecule has 3 rings (SSSR count). The third-order valence-electron chi connectivity index (χ3n) is 4.67. The van der Waals surface area contributed by atoms with Crippen LogP contribution in [0.5, 0.6) is 0 Å². The Labute approximate surface area is 150 Å². The molecular weight excluding hydrogens is 314 g/mol. The lowest BCUT2D eigenvalue weighted by Gasteiger charge is -2.31. The van der Waals surface area contributed by atoms with Gasteiger partial charge in [0.15, 0.2) is 5.11 Å². The van der Waals surface area contributed by atoms with Crippen LogP contribution in [0, 0.1) is 0 Å². The molecule has 4 heteroatoms. The Hall–Kier alpha value is -2.07. The number of thiocarbonyl (C=S) groups is 1. The summed E-state index contributed by atoms with van der Waals surface area (Å²) in [6.07, 6.45) is 1.05. The number of nitrogens with zero attached hydrogens (tertiary/aromatic N) is 2. The summed E-state index contributed by atoms with van der Waals surface area (Å²) in [6.45, 7) is 8.27. The first-order valence-corrected chi connectivity index (χ1v) is 9.09. The molecule has 1 N–H and O–H groups in total. The first kappa shape index (κ1) is 16.8. The van der Waals surface area contributed by atoms with E-state index in [1.165, 1.54) is 16.8 Å². The van der Waals surface area contributed by atoms with Crippen LogP contribution >= 0.6 is 12.2 Å². The van der Waals surface area contributed by atoms with Gasteiger partial charge < -0.3 is 15.1 Å². The lowest BCUT2D eigenvalue weighted by Crippen LogP contribution is -2.38. The van der Waals surface area contributed by atoms with Gasteiger partial charge in [0.25, 0.3) is 0 Å². The fraction of sp³-hybridized carbons (Fsp3) is 0.350. The first-order chi connectivity index (χ1) is 11.7. The van der Waals surface area contributed by atoms with E-state index >= 15 is 0 Å². The second-order valence-electron chi connectivity index (χ2n) is 6.09. The molecule has 0 unspecified atom stereocenters. The van der Waals surface area contributed by atoms with E-state index in [9.17, 15) is 0 Å². The maximum Gasteiger partial charge on any atom is 0.173 e. The minimum Gasteiger partial charge on any atom is -0.372 e. The average molecular weight is 340 g/mol. The van der Waals surface area contributed by atoms with E-state index < -0.39 is 0 Å². The molecule has 0 aromatic heterocycles. The molecular formula is C20H25N3S. The number of nitrogens with one attached hydrogen (secondary N) is 1. The van der Waals surface area contributed by atoms with Crippen LogP contribution in [0.1, 0.15) is 25.0 Å². The largest absolute Gasteiger partial charge is 0.372 e. The van der Waals surface area contributed by atoms with Crippen molar-refractivity contribution in [3.8, 4) is 0 Å². The number of hydrogen-bond donors (Lipinski definition) is 1. The molecule has 24 heavy (non-hydrogen) atoms. The summed E-state index contributed by atoms with van der Waals surface area (Å²) in [6, 6.07) is 17.2. The van der Waals surface area contributed by atoms with E-state index in [1.807, 2.05) is 0 Å². The van der Waals surface area contributed by atoms with Crippen LogP contribution in [-0.4, -0.2) is 29.6 Å². The van der Waals surface area contributed by atoms with Gasteiger partial charge in [-0.3, -0.25) is 0 Å². The van der Waals surface area contributed by atoms with E-state index in [2.05, 4.69) is 77.5 Å². The van der Waals surface area contributed by atoms with E-state index in [4.69, 9.17) is 12.2 Å². The summed E-state index contributed by atoms with van der Waals surface area (Å²) < 4.78 is 0. The van der Waals surface area contributed by atoms with Crippen molar-refractivity contribution in [2.75, 3.05) is 29.9 Å². The zero-order valence-corrected chi connectivity index (χ0v) is 15.3. The van der Waals surface area contributed by atoms with Crippen molar-refractivity contribution >= 4 is 28.7 Å². The minimum absolute atomic E-state index is 0.806. The SMILES string of the molecule is CCN(CC)c1ccc(NC(=S)N2CCc3ccccc3C2)cc1. The molecule has 0 amide bonds. The monoisotopic (exact) mass is 339 g/mol. The van der Waals surface area contributed by atoms with Crippen molar-refractivity contribution in [3.63, 3.8) is 0 Å². The van der Waals surface area contributed by atoms with E-state index in [0.29, 0.717) is 0 Å². The lowest BCUT2D eigenvalue weighted by molar-refractivity contribution is 0.399. The molecule has 0 saturated carbocycles. The van der Waals surface area contributed by atoms with E-state index in [0.717, 1.165) is 43.4 Å². The van der Waals surface area contributed by atoms with Gasteiger partial charge in [0.2, 0.25) is 0 Å². The quantitative estimate of drug-likeness (QED) is 0.837. The molecule has 0 saturated heterocycles. The summed E-state index contributed by atoms with van der Waals surface area (Å²) in [5, 5.41) is 4.19. The van der Waals surface area contributed by atoms with Gasteiger partial charge in [-0.1, -0.05) is 24.3 Å². The average Bonchev–Trinajstić information content (AvgIpc) is 2.63. The van der Waals surface area contributed by atoms with Gasteiger partial charge in [-0.25, -0.2) is 0 Å². The summed E-state index contributed by atoms with van der Waals surface area (Å²) in [7, 11) is 0. The van der Waals surface area contributed by atoms with Crippen LogP contribution < -0.4 is 10.2 Å². The normalized spacial score (nSPS) is 13.3. The van der Waals surface area contributed by atoms with Gasteiger partial charge in [0.05, 0.1) is 0 Å². The third kappa shape index (κ3) is 3.70. The first-order valence-electron chi connectivity index (χ1n) is 8.69. The number of anilines is 2. The Morgan fingerprint density at radius 1 is 1.04 bits per heavy atom. The highest BCUT2D eigenvalue weighted by Gasteiger charge is 2.17. The van der Waals surface area contributed by atoms with Gasteiger partial charge in [-0.05, 0) is 67.9 Å². The minimum atomic E-state index is 0.806. The number of benzene rings is 2. The molecule has 1 aliphatic heterocycles. The molecule has 1 heterocycles. The number of rotatable bonds is 4. The molecule has 2 aromatic rings. The van der Waals surface area contributed by atoms with Crippen LogP contribution in [0.3, 0.4) is 0 Å². The Morgan fingerprint density at radius 3 is 2.38 bits per heavy atom. The maximum atomic E-state index is 5.62. The molecule has 2 aromatic carbocycles. The van der Waals surface area contributed by atoms with Crippen LogP contribution in [0.4, 0.5) is 11.4 Å². The molecule has 0 spiro atoms. The summed E-state index contributed by atoms with van der Waals surface area (Å²) in [5.74, 6) is 0. The van der Waals surface area contributed by atoms with Gasteiger partial charge in [0, 0.05) is 37.6 Å². The van der Waals surface area contributed by atoms with Crippen molar-refractivity contribution in [3.05, 3.63) is 59.7 Å². The molecule has 0 aliphatic carbocycles. The lowest BCUT2D eigenvalue weighted by atomic mass is 10.0. The molecule has 0 fully saturated rings. The molecule has 126 valence electrons. The van der Waals surface area contributed by atoms with Gasteiger partial charge in [-0.15, -0.1) is 0 Å². The summed E-state index contributed by atoms with van der Waals surface area (Å²) in [5.41, 5.74) is 5.13. The van der Waals surface area contributed by atoms with Crippen molar-refractivity contribution in [2.45, 2.75) is 26.8 Å². The van der Waals surface area contributed by atoms with Crippen LogP contribution in [0.2, 0.25) is 0 Å². The smallest absolute Gasteiger partial charge is 0.173 e. The molecule has 0 radical (unpaired) electrons. The van der Waals surface area contributed by atoms with Gasteiger partial charge >= 0.3 is 0 Å². The standard InChI is InChI=1S/C20H25N3S/c1-3-22(4-2)19-11-9-18(10-12-19)21-20(24)23-14-13-16-7-5-6-8-17(16)15-23/h5-12H,3-4,13-15H2,1-2H3,(H,21,24). The van der Waals surface area contributed by atoms with Gasteiger partial charge in [0.1, 0.15) is 0 Å². The molecule has 0 bridgehead atoms. The van der Waals surface area contributed by atoms with Crippen molar-refractivity contribution < 1.29 is 0 Å². The van der Waals surface area contributed by atoms with Crippen molar-refractivity contribution in [2.24, 2.45) is 0 Å². The highest BCUT2D eigenvalue weighted by molar-refractivity contribution is 7.80. The van der Waals surface area contributed by atoms with Crippen molar-refractivity contribution in [1.29, 1.82) is 0 Å². The fourth-order valence-corrected chi connectivity index (χ4v) is 3.49. The second-order valence-corrected chi connectivity index (χ2v) is 6.48. The summed E-state index contributed by atoms with van der Waals surface area (Å²) in [4.78, 5) is 4.58. The fourth-order valence-electron chi connectivity index (χ4n) is 3.22. The van der Waals surface area contributed by atoms with Crippen LogP contribution in [0.25, 0.3) is 0 Å². The zero-order chi connectivity index (χ0) is 16.9. The Kier molecular flexibility index (Phi) is 5.36. The molecule has 0 atom stereocenters. The zero-order valence-electron chi connectivity index (χ0n) is 14.5. The maximum absolute atomic E-state index is 5.62.